The van der Waals surface area contributed by atoms with Crippen molar-refractivity contribution in [3.05, 3.63) is 0 Å². The van der Waals surface area contributed by atoms with Gasteiger partial charge in [-0.1, -0.05) is 13.8 Å². The Labute approximate surface area is 142 Å². The second-order valence-electron chi connectivity index (χ2n) is 4.40. The Hall–Kier alpha value is -2.12. The number of ether oxygens (including phenoxy) is 4. The number of esters is 4. The fourth-order valence-electron chi connectivity index (χ4n) is 1.19. The van der Waals surface area contributed by atoms with Crippen LogP contribution < -0.4 is 0 Å². The summed E-state index contributed by atoms with van der Waals surface area (Å²) in [5.41, 5.74) is 0. The molecule has 0 saturated heterocycles. The summed E-state index contributed by atoms with van der Waals surface area (Å²) in [5, 5.41) is 0. The molecule has 0 radical (unpaired) electrons. The van der Waals surface area contributed by atoms with E-state index in [1.807, 2.05) is 13.8 Å². The van der Waals surface area contributed by atoms with Crippen molar-refractivity contribution < 1.29 is 38.1 Å². The fraction of sp³-hybridized carbons (Fsp3) is 0.750. The van der Waals surface area contributed by atoms with Crippen LogP contribution in [-0.4, -0.2) is 50.3 Å². The number of carbonyl (C=O) groups excluding carboxylic acids is 4. The molecule has 0 bridgehead atoms. The van der Waals surface area contributed by atoms with Gasteiger partial charge >= 0.3 is 23.9 Å². The van der Waals surface area contributed by atoms with Gasteiger partial charge in [0.2, 0.25) is 0 Å². The zero-order valence-electron chi connectivity index (χ0n) is 14.9. The van der Waals surface area contributed by atoms with Crippen LogP contribution >= 0.6 is 0 Å². The number of hydrogen-bond acceptors (Lipinski definition) is 8. The van der Waals surface area contributed by atoms with Crippen LogP contribution in [0.2, 0.25) is 0 Å². The van der Waals surface area contributed by atoms with Crippen molar-refractivity contribution in [3.63, 3.8) is 0 Å². The molecule has 0 N–H and O–H groups in total. The summed E-state index contributed by atoms with van der Waals surface area (Å²) in [6, 6.07) is 0. The summed E-state index contributed by atoms with van der Waals surface area (Å²) >= 11 is 0. The van der Waals surface area contributed by atoms with Crippen molar-refractivity contribution in [2.75, 3.05) is 26.4 Å². The molecular weight excluding hydrogens is 320 g/mol. The Morgan fingerprint density at radius 2 is 0.833 bits per heavy atom. The molecule has 0 saturated carbocycles. The molecule has 0 aliphatic heterocycles. The third-order valence-electron chi connectivity index (χ3n) is 2.12. The molecule has 24 heavy (non-hydrogen) atoms. The first-order valence-corrected chi connectivity index (χ1v) is 8.03. The lowest BCUT2D eigenvalue weighted by Gasteiger charge is -2.03. The molecule has 0 heterocycles. The van der Waals surface area contributed by atoms with Crippen LogP contribution in [0.25, 0.3) is 0 Å². The summed E-state index contributed by atoms with van der Waals surface area (Å²) in [7, 11) is 0. The van der Waals surface area contributed by atoms with E-state index in [0.29, 0.717) is 13.2 Å². The van der Waals surface area contributed by atoms with Crippen molar-refractivity contribution in [2.45, 2.75) is 53.4 Å². The van der Waals surface area contributed by atoms with Crippen LogP contribution in [0.15, 0.2) is 0 Å². The van der Waals surface area contributed by atoms with E-state index in [4.69, 9.17) is 9.47 Å². The highest BCUT2D eigenvalue weighted by Gasteiger charge is 2.11. The second kappa shape index (κ2) is 17.2. The lowest BCUT2D eigenvalue weighted by atomic mass is 10.4. The zero-order valence-corrected chi connectivity index (χ0v) is 14.9. The molecule has 0 amide bonds. The van der Waals surface area contributed by atoms with Crippen LogP contribution in [0, 0.1) is 0 Å². The highest BCUT2D eigenvalue weighted by atomic mass is 16.6. The van der Waals surface area contributed by atoms with E-state index < -0.39 is 23.9 Å². The topological polar surface area (TPSA) is 105 Å². The highest BCUT2D eigenvalue weighted by Crippen LogP contribution is 1.93. The van der Waals surface area contributed by atoms with Gasteiger partial charge in [-0.2, -0.15) is 0 Å². The second-order valence-corrected chi connectivity index (χ2v) is 4.40. The predicted octanol–water partition coefficient (Wildman–Crippen LogP) is 1.79. The number of rotatable bonds is 10. The van der Waals surface area contributed by atoms with Crippen molar-refractivity contribution >= 4 is 23.9 Å². The van der Waals surface area contributed by atoms with Gasteiger partial charge in [-0.05, 0) is 26.7 Å². The normalized spacial score (nSPS) is 9.17. The molecule has 0 rings (SSSR count). The van der Waals surface area contributed by atoms with E-state index >= 15 is 0 Å². The van der Waals surface area contributed by atoms with E-state index in [0.717, 1.165) is 12.8 Å². The van der Waals surface area contributed by atoms with E-state index in [1.165, 1.54) is 0 Å². The Morgan fingerprint density at radius 1 is 0.542 bits per heavy atom. The lowest BCUT2D eigenvalue weighted by Crippen LogP contribution is -2.14. The highest BCUT2D eigenvalue weighted by molar-refractivity contribution is 5.91. The standard InChI is InChI=1S/C9H16O4.C7H12O4/c1-3-5-12-8(10)7-9(11)13-6-4-2;1-3-10-6(8)5-7(9)11-4-2/h3-7H2,1-2H3;3-5H2,1-2H3. The number of hydrogen-bond donors (Lipinski definition) is 0. The Morgan fingerprint density at radius 3 is 1.08 bits per heavy atom. The van der Waals surface area contributed by atoms with Crippen molar-refractivity contribution in [1.82, 2.24) is 0 Å². The van der Waals surface area contributed by atoms with Gasteiger partial charge in [-0.25, -0.2) is 0 Å². The lowest BCUT2D eigenvalue weighted by molar-refractivity contribution is -0.156. The average Bonchev–Trinajstić information content (AvgIpc) is 2.52. The minimum Gasteiger partial charge on any atom is -0.466 e. The van der Waals surface area contributed by atoms with Crippen LogP contribution in [-0.2, 0) is 38.1 Å². The molecule has 0 aromatic rings. The summed E-state index contributed by atoms with van der Waals surface area (Å²) < 4.78 is 18.4. The van der Waals surface area contributed by atoms with Gasteiger partial charge in [0.05, 0.1) is 26.4 Å². The fourth-order valence-corrected chi connectivity index (χ4v) is 1.19. The quantitative estimate of drug-likeness (QED) is 0.334. The van der Waals surface area contributed by atoms with Crippen molar-refractivity contribution in [3.8, 4) is 0 Å². The number of carbonyl (C=O) groups is 4. The van der Waals surface area contributed by atoms with Crippen molar-refractivity contribution in [1.29, 1.82) is 0 Å². The van der Waals surface area contributed by atoms with Gasteiger partial charge in [0, 0.05) is 0 Å². The zero-order chi connectivity index (χ0) is 18.8. The molecule has 0 aliphatic carbocycles. The molecule has 140 valence electrons. The van der Waals surface area contributed by atoms with Gasteiger partial charge in [0.15, 0.2) is 0 Å². The van der Waals surface area contributed by atoms with Gasteiger partial charge in [0.25, 0.3) is 0 Å². The van der Waals surface area contributed by atoms with E-state index in [1.54, 1.807) is 13.8 Å². The Kier molecular flexibility index (Phi) is 17.3. The van der Waals surface area contributed by atoms with Gasteiger partial charge in [-0.15, -0.1) is 0 Å². The molecule has 0 unspecified atom stereocenters. The maximum Gasteiger partial charge on any atom is 0.317 e. The molecular formula is C16H28O8. The first-order valence-electron chi connectivity index (χ1n) is 8.03. The van der Waals surface area contributed by atoms with Crippen LogP contribution in [0.3, 0.4) is 0 Å². The summed E-state index contributed by atoms with van der Waals surface area (Å²) in [6.45, 7) is 8.45. The van der Waals surface area contributed by atoms with Gasteiger partial charge in [-0.3, -0.25) is 19.2 Å². The summed E-state index contributed by atoms with van der Waals surface area (Å²) in [6.07, 6.45) is 0.952. The third kappa shape index (κ3) is 17.9. The minimum absolute atomic E-state index is 0.278. The van der Waals surface area contributed by atoms with Crippen molar-refractivity contribution in [2.24, 2.45) is 0 Å². The van der Waals surface area contributed by atoms with Gasteiger partial charge < -0.3 is 18.9 Å². The van der Waals surface area contributed by atoms with Crippen LogP contribution in [0.5, 0.6) is 0 Å². The molecule has 0 spiro atoms. The van der Waals surface area contributed by atoms with E-state index in [2.05, 4.69) is 9.47 Å². The minimum atomic E-state index is -0.536. The van der Waals surface area contributed by atoms with Gasteiger partial charge in [0.1, 0.15) is 12.8 Å². The Balaban J connectivity index is 0. The molecule has 0 aromatic heterocycles. The SMILES string of the molecule is CCCOC(=O)CC(=O)OCCC.CCOC(=O)CC(=O)OCC. The molecule has 0 aliphatic rings. The average molecular weight is 348 g/mol. The first-order chi connectivity index (χ1) is 11.4. The third-order valence-corrected chi connectivity index (χ3v) is 2.12. The first kappa shape index (κ1) is 24.1. The smallest absolute Gasteiger partial charge is 0.317 e. The molecule has 0 aromatic carbocycles. The molecule has 8 heteroatoms. The summed E-state index contributed by atoms with van der Waals surface area (Å²) in [4.78, 5) is 42.9. The maximum atomic E-state index is 10.9. The molecule has 0 atom stereocenters. The monoisotopic (exact) mass is 348 g/mol. The molecule has 0 fully saturated rings. The largest absolute Gasteiger partial charge is 0.466 e. The van der Waals surface area contributed by atoms with Crippen LogP contribution in [0.4, 0.5) is 0 Å². The summed E-state index contributed by atoms with van der Waals surface area (Å²) in [5.74, 6) is -2.09. The van der Waals surface area contributed by atoms with E-state index in [9.17, 15) is 19.2 Å². The molecule has 8 nitrogen and oxygen atoms in total. The van der Waals surface area contributed by atoms with E-state index in [-0.39, 0.29) is 26.1 Å². The predicted molar refractivity (Wildman–Crippen MR) is 85.0 cm³/mol. The maximum absolute atomic E-state index is 10.9. The Bertz CT molecular complexity index is 344. The van der Waals surface area contributed by atoms with Crippen LogP contribution in [0.1, 0.15) is 53.4 Å².